The van der Waals surface area contributed by atoms with E-state index in [1.54, 1.807) is 42.3 Å². The minimum atomic E-state index is -0.138. The lowest BCUT2D eigenvalue weighted by atomic mass is 9.93. The largest absolute Gasteiger partial charge is 0.314 e. The van der Waals surface area contributed by atoms with Crippen LogP contribution in [0.15, 0.2) is 48.5 Å². The van der Waals surface area contributed by atoms with Gasteiger partial charge in [0, 0.05) is 35.3 Å². The molecule has 0 spiro atoms. The van der Waals surface area contributed by atoms with E-state index in [-0.39, 0.29) is 11.7 Å². The second-order valence-electron chi connectivity index (χ2n) is 8.37. The van der Waals surface area contributed by atoms with Crippen molar-refractivity contribution in [2.24, 2.45) is 0 Å². The zero-order valence-electron chi connectivity index (χ0n) is 18.1. The molecule has 1 saturated carbocycles. The van der Waals surface area contributed by atoms with Crippen molar-refractivity contribution >= 4 is 29.0 Å². The number of anilines is 1. The normalized spacial score (nSPS) is 14.9. The Labute approximate surface area is 184 Å². The standard InChI is InChI=1S/C25H31ClN2O2/c1-18(2)28(21-12-8-5-9-13-21)17-24(29)27(3)23-15-14-20(26)16-22(23)25(30)19-10-6-4-7-11-19/h4,6-7,10-11,14-16,18,21H,5,8-9,12-13,17H2,1-3H3. The van der Waals surface area contributed by atoms with Crippen molar-refractivity contribution in [1.29, 1.82) is 0 Å². The van der Waals surface area contributed by atoms with Gasteiger partial charge in [0.15, 0.2) is 5.78 Å². The maximum atomic E-state index is 13.2. The molecule has 0 bridgehead atoms. The number of benzene rings is 2. The molecule has 30 heavy (non-hydrogen) atoms. The second kappa shape index (κ2) is 10.2. The molecule has 0 unspecified atom stereocenters. The molecule has 0 saturated heterocycles. The van der Waals surface area contributed by atoms with Crippen molar-refractivity contribution in [1.82, 2.24) is 4.90 Å². The maximum Gasteiger partial charge on any atom is 0.240 e. The van der Waals surface area contributed by atoms with E-state index in [0.717, 1.165) is 12.8 Å². The third kappa shape index (κ3) is 5.30. The van der Waals surface area contributed by atoms with Gasteiger partial charge < -0.3 is 4.90 Å². The maximum absolute atomic E-state index is 13.2. The average molecular weight is 427 g/mol. The number of hydrogen-bond acceptors (Lipinski definition) is 3. The van der Waals surface area contributed by atoms with Gasteiger partial charge in [-0.25, -0.2) is 0 Å². The third-order valence-electron chi connectivity index (χ3n) is 6.00. The number of carbonyl (C=O) groups is 2. The van der Waals surface area contributed by atoms with E-state index in [1.807, 2.05) is 18.2 Å². The number of nitrogens with zero attached hydrogens (tertiary/aromatic N) is 2. The number of halogens is 1. The molecule has 1 aliphatic rings. The zero-order valence-corrected chi connectivity index (χ0v) is 18.9. The molecule has 5 heteroatoms. The van der Waals surface area contributed by atoms with Gasteiger partial charge in [-0.15, -0.1) is 0 Å². The van der Waals surface area contributed by atoms with Crippen LogP contribution in [0.3, 0.4) is 0 Å². The summed E-state index contributed by atoms with van der Waals surface area (Å²) in [5.74, 6) is -0.153. The molecule has 2 aromatic carbocycles. The van der Waals surface area contributed by atoms with Crippen LogP contribution in [0.2, 0.25) is 5.02 Å². The predicted octanol–water partition coefficient (Wildman–Crippen LogP) is 5.58. The summed E-state index contributed by atoms with van der Waals surface area (Å²) in [6, 6.07) is 15.0. The third-order valence-corrected chi connectivity index (χ3v) is 6.23. The van der Waals surface area contributed by atoms with Crippen molar-refractivity contribution in [3.8, 4) is 0 Å². The van der Waals surface area contributed by atoms with Gasteiger partial charge in [0.1, 0.15) is 0 Å². The fourth-order valence-electron chi connectivity index (χ4n) is 4.27. The van der Waals surface area contributed by atoms with Gasteiger partial charge in [-0.05, 0) is 44.9 Å². The van der Waals surface area contributed by atoms with E-state index in [4.69, 9.17) is 11.6 Å². The van der Waals surface area contributed by atoms with Gasteiger partial charge >= 0.3 is 0 Å². The van der Waals surface area contributed by atoms with E-state index in [2.05, 4.69) is 18.7 Å². The first-order valence-corrected chi connectivity index (χ1v) is 11.2. The minimum absolute atomic E-state index is 0.0151. The summed E-state index contributed by atoms with van der Waals surface area (Å²) in [6.07, 6.45) is 6.03. The molecule has 0 N–H and O–H groups in total. The number of ketones is 1. The van der Waals surface area contributed by atoms with Crippen LogP contribution in [0, 0.1) is 0 Å². The molecule has 3 rings (SSSR count). The molecular weight excluding hydrogens is 396 g/mol. The molecule has 4 nitrogen and oxygen atoms in total. The molecule has 1 fully saturated rings. The van der Waals surface area contributed by atoms with Crippen LogP contribution in [0.25, 0.3) is 0 Å². The molecule has 1 amide bonds. The molecule has 1 aliphatic carbocycles. The second-order valence-corrected chi connectivity index (χ2v) is 8.80. The van der Waals surface area contributed by atoms with E-state index in [9.17, 15) is 9.59 Å². The summed E-state index contributed by atoms with van der Waals surface area (Å²) in [5, 5.41) is 0.477. The minimum Gasteiger partial charge on any atom is -0.314 e. The lowest BCUT2D eigenvalue weighted by Gasteiger charge is -2.37. The summed E-state index contributed by atoms with van der Waals surface area (Å²) in [4.78, 5) is 30.3. The summed E-state index contributed by atoms with van der Waals surface area (Å²) in [7, 11) is 1.74. The molecule has 160 valence electrons. The fraction of sp³-hybridized carbons (Fsp3) is 0.440. The molecule has 0 heterocycles. The highest BCUT2D eigenvalue weighted by Crippen LogP contribution is 2.28. The van der Waals surface area contributed by atoms with Gasteiger partial charge in [0.2, 0.25) is 5.91 Å². The van der Waals surface area contributed by atoms with Gasteiger partial charge in [-0.3, -0.25) is 14.5 Å². The first-order chi connectivity index (χ1) is 14.4. The quantitative estimate of drug-likeness (QED) is 0.543. The molecule has 0 aromatic heterocycles. The van der Waals surface area contributed by atoms with E-state index in [0.29, 0.717) is 40.5 Å². The van der Waals surface area contributed by atoms with Crippen LogP contribution in [0.4, 0.5) is 5.69 Å². The van der Waals surface area contributed by atoms with E-state index < -0.39 is 0 Å². The average Bonchev–Trinajstić information content (AvgIpc) is 2.77. The lowest BCUT2D eigenvalue weighted by Crippen LogP contribution is -2.47. The smallest absolute Gasteiger partial charge is 0.240 e. The number of carbonyl (C=O) groups excluding carboxylic acids is 2. The number of hydrogen-bond donors (Lipinski definition) is 0. The molecule has 0 aliphatic heterocycles. The highest BCUT2D eigenvalue weighted by Gasteiger charge is 2.28. The Morgan fingerprint density at radius 3 is 2.33 bits per heavy atom. The fourth-order valence-corrected chi connectivity index (χ4v) is 4.44. The lowest BCUT2D eigenvalue weighted by molar-refractivity contribution is -0.120. The predicted molar refractivity (Wildman–Crippen MR) is 123 cm³/mol. The van der Waals surface area contributed by atoms with Crippen molar-refractivity contribution in [3.05, 3.63) is 64.7 Å². The Morgan fingerprint density at radius 1 is 1.03 bits per heavy atom. The Balaban J connectivity index is 1.84. The van der Waals surface area contributed by atoms with Crippen LogP contribution in [-0.4, -0.2) is 42.3 Å². The van der Waals surface area contributed by atoms with Gasteiger partial charge in [-0.1, -0.05) is 61.2 Å². The summed E-state index contributed by atoms with van der Waals surface area (Å²) < 4.78 is 0. The monoisotopic (exact) mass is 426 g/mol. The van der Waals surface area contributed by atoms with Crippen LogP contribution in [0.1, 0.15) is 61.9 Å². The van der Waals surface area contributed by atoms with Crippen molar-refractivity contribution in [2.75, 3.05) is 18.5 Å². The van der Waals surface area contributed by atoms with Gasteiger partial charge in [0.25, 0.3) is 0 Å². The topological polar surface area (TPSA) is 40.6 Å². The first kappa shape index (κ1) is 22.5. The molecular formula is C25H31ClN2O2. The number of rotatable bonds is 7. The Kier molecular flexibility index (Phi) is 7.68. The summed E-state index contributed by atoms with van der Waals surface area (Å²) in [5.41, 5.74) is 1.61. The first-order valence-electron chi connectivity index (χ1n) is 10.8. The summed E-state index contributed by atoms with van der Waals surface area (Å²) >= 11 is 6.20. The molecule has 2 aromatic rings. The molecule has 0 atom stereocenters. The highest BCUT2D eigenvalue weighted by molar-refractivity contribution is 6.31. The van der Waals surface area contributed by atoms with Gasteiger partial charge in [-0.2, -0.15) is 0 Å². The number of amides is 1. The van der Waals surface area contributed by atoms with Crippen molar-refractivity contribution in [2.45, 2.75) is 58.0 Å². The van der Waals surface area contributed by atoms with Crippen molar-refractivity contribution in [3.63, 3.8) is 0 Å². The summed E-state index contributed by atoms with van der Waals surface area (Å²) in [6.45, 7) is 4.64. The SMILES string of the molecule is CC(C)N(CC(=O)N(C)c1ccc(Cl)cc1C(=O)c1ccccc1)C1CCCCC1. The zero-order chi connectivity index (χ0) is 21.7. The van der Waals surface area contributed by atoms with Crippen molar-refractivity contribution < 1.29 is 9.59 Å². The molecule has 0 radical (unpaired) electrons. The highest BCUT2D eigenvalue weighted by atomic mass is 35.5. The van der Waals surface area contributed by atoms with Crippen LogP contribution in [0.5, 0.6) is 0 Å². The Hall–Kier alpha value is -2.17. The van der Waals surface area contributed by atoms with E-state index in [1.165, 1.54) is 19.3 Å². The van der Waals surface area contributed by atoms with E-state index >= 15 is 0 Å². The van der Waals surface area contributed by atoms with Crippen LogP contribution >= 0.6 is 11.6 Å². The van der Waals surface area contributed by atoms with Crippen LogP contribution < -0.4 is 4.90 Å². The van der Waals surface area contributed by atoms with Crippen LogP contribution in [-0.2, 0) is 4.79 Å². The Morgan fingerprint density at radius 2 is 1.70 bits per heavy atom. The Bertz CT molecular complexity index is 876. The van der Waals surface area contributed by atoms with Gasteiger partial charge in [0.05, 0.1) is 12.2 Å². The number of likely N-dealkylation sites (N-methyl/N-ethyl adjacent to an activating group) is 1.